The number of alkyl halides is 3. The number of hydrogen-bond acceptors (Lipinski definition) is 6. The molecule has 0 bridgehead atoms. The van der Waals surface area contributed by atoms with E-state index in [-0.39, 0.29) is 34.4 Å². The number of carbonyl (C=O) groups is 1. The van der Waals surface area contributed by atoms with Gasteiger partial charge in [-0.1, -0.05) is 17.0 Å². The number of carbonyl (C=O) groups excluding carboxylic acids is 1. The molecule has 33 heavy (non-hydrogen) atoms. The van der Waals surface area contributed by atoms with Gasteiger partial charge < -0.3 is 0 Å². The first kappa shape index (κ1) is 22.0. The molecule has 3 aromatic heterocycles. The van der Waals surface area contributed by atoms with E-state index in [1.165, 1.54) is 48.7 Å². The monoisotopic (exact) mass is 462 g/mol. The lowest BCUT2D eigenvalue weighted by molar-refractivity contribution is -0.137. The summed E-state index contributed by atoms with van der Waals surface area (Å²) in [5, 5.41) is 12.1. The number of halogens is 3. The van der Waals surface area contributed by atoms with Crippen LogP contribution in [0, 0.1) is 0 Å². The summed E-state index contributed by atoms with van der Waals surface area (Å²) in [4.78, 5) is 38.1. The van der Waals surface area contributed by atoms with Gasteiger partial charge in [-0.3, -0.25) is 23.4 Å². The highest BCUT2D eigenvalue weighted by Gasteiger charge is 2.30. The van der Waals surface area contributed by atoms with E-state index in [9.17, 15) is 27.6 Å². The van der Waals surface area contributed by atoms with E-state index in [2.05, 4.69) is 20.7 Å². The van der Waals surface area contributed by atoms with Crippen molar-refractivity contribution in [2.45, 2.75) is 12.6 Å². The molecule has 1 aromatic carbocycles. The van der Waals surface area contributed by atoms with Crippen molar-refractivity contribution in [3.8, 4) is 11.3 Å². The first-order chi connectivity index (χ1) is 15.5. The van der Waals surface area contributed by atoms with Gasteiger partial charge in [-0.15, -0.1) is 10.2 Å². The third kappa shape index (κ3) is 3.90. The van der Waals surface area contributed by atoms with Crippen molar-refractivity contribution in [1.29, 1.82) is 0 Å². The van der Waals surface area contributed by atoms with Crippen LogP contribution in [0.15, 0.2) is 40.1 Å². The summed E-state index contributed by atoms with van der Waals surface area (Å²) in [5.74, 6) is -0.609. The highest BCUT2D eigenvalue weighted by Crippen LogP contribution is 2.31. The van der Waals surface area contributed by atoms with Crippen LogP contribution < -0.4 is 16.7 Å². The van der Waals surface area contributed by atoms with Crippen molar-refractivity contribution >= 4 is 16.9 Å². The van der Waals surface area contributed by atoms with Gasteiger partial charge in [0.2, 0.25) is 5.91 Å². The molecule has 0 radical (unpaired) electrons. The van der Waals surface area contributed by atoms with Crippen molar-refractivity contribution in [2.24, 2.45) is 21.1 Å². The third-order valence-corrected chi connectivity index (χ3v) is 5.09. The highest BCUT2D eigenvalue weighted by atomic mass is 19.4. The van der Waals surface area contributed by atoms with E-state index in [1.807, 2.05) is 0 Å². The van der Waals surface area contributed by atoms with E-state index in [0.29, 0.717) is 0 Å². The molecule has 0 spiro atoms. The fourth-order valence-corrected chi connectivity index (χ4v) is 3.38. The van der Waals surface area contributed by atoms with Crippen LogP contribution in [0.5, 0.6) is 0 Å². The van der Waals surface area contributed by atoms with Crippen molar-refractivity contribution in [3.05, 3.63) is 62.6 Å². The van der Waals surface area contributed by atoms with Gasteiger partial charge >= 0.3 is 11.9 Å². The molecule has 0 unspecified atom stereocenters. The largest absolute Gasteiger partial charge is 0.416 e. The molecule has 0 fully saturated rings. The molecule has 1 N–H and O–H groups in total. The maximum Gasteiger partial charge on any atom is 0.416 e. The Morgan fingerprint density at radius 2 is 1.82 bits per heavy atom. The van der Waals surface area contributed by atoms with E-state index >= 15 is 0 Å². The smallest absolute Gasteiger partial charge is 0.279 e. The number of aromatic nitrogens is 7. The second-order valence-electron chi connectivity index (χ2n) is 7.28. The molecule has 0 aliphatic heterocycles. The number of hydrogen-bond donors (Lipinski definition) is 1. The maximum atomic E-state index is 12.9. The Hall–Kier alpha value is -4.23. The van der Waals surface area contributed by atoms with E-state index in [4.69, 9.17) is 0 Å². The minimum atomic E-state index is -4.51. The summed E-state index contributed by atoms with van der Waals surface area (Å²) < 4.78 is 42.3. The molecule has 11 nitrogen and oxygen atoms in total. The minimum Gasteiger partial charge on any atom is -0.279 e. The number of benzene rings is 1. The first-order valence-corrected chi connectivity index (χ1v) is 9.49. The Bertz CT molecular complexity index is 1510. The predicted molar refractivity (Wildman–Crippen MR) is 110 cm³/mol. The van der Waals surface area contributed by atoms with Crippen LogP contribution in [0.4, 0.5) is 13.2 Å². The Balaban J connectivity index is 1.59. The zero-order chi connectivity index (χ0) is 24.1. The van der Waals surface area contributed by atoms with Crippen LogP contribution in [0.1, 0.15) is 11.3 Å². The van der Waals surface area contributed by atoms with Crippen LogP contribution in [-0.2, 0) is 38.5 Å². The fraction of sp³-hybridized carbons (Fsp3) is 0.263. The molecule has 0 aliphatic carbocycles. The lowest BCUT2D eigenvalue weighted by atomic mass is 10.1. The standard InChI is InChI=1S/C19H17F3N8O3/c1-27-16-15(17(32)28(2)18(27)33)13(29(3)26-16)8-14(31)25-30-23-9-12(24-30)10-5-4-6-11(7-10)19(20,21)22/h4-7,9H,8H2,1-3H3,(H,25,31). The van der Waals surface area contributed by atoms with Gasteiger partial charge in [-0.25, -0.2) is 10.2 Å². The molecule has 172 valence electrons. The molecule has 0 atom stereocenters. The zero-order valence-electron chi connectivity index (χ0n) is 17.6. The van der Waals surface area contributed by atoms with Gasteiger partial charge in [0.1, 0.15) is 11.1 Å². The highest BCUT2D eigenvalue weighted by molar-refractivity contribution is 5.89. The van der Waals surface area contributed by atoms with Gasteiger partial charge in [0.15, 0.2) is 5.65 Å². The number of fused-ring (bicyclic) bond motifs is 1. The van der Waals surface area contributed by atoms with Gasteiger partial charge in [0.05, 0.1) is 23.9 Å². The molecule has 3 heterocycles. The van der Waals surface area contributed by atoms with Crippen molar-refractivity contribution < 1.29 is 18.0 Å². The lowest BCUT2D eigenvalue weighted by Crippen LogP contribution is -2.37. The van der Waals surface area contributed by atoms with Crippen molar-refractivity contribution in [2.75, 3.05) is 5.43 Å². The topological polar surface area (TPSA) is 122 Å². The molecular formula is C19H17F3N8O3. The average Bonchev–Trinajstić information content (AvgIpc) is 3.35. The van der Waals surface area contributed by atoms with Crippen LogP contribution in [0.25, 0.3) is 22.3 Å². The Morgan fingerprint density at radius 1 is 1.09 bits per heavy atom. The Kier molecular flexibility index (Phi) is 5.14. The molecule has 0 aliphatic rings. The van der Waals surface area contributed by atoms with E-state index in [1.54, 1.807) is 0 Å². The van der Waals surface area contributed by atoms with Crippen molar-refractivity contribution in [3.63, 3.8) is 0 Å². The number of rotatable bonds is 4. The van der Waals surface area contributed by atoms with Gasteiger partial charge in [0, 0.05) is 26.7 Å². The quantitative estimate of drug-likeness (QED) is 0.473. The molecule has 4 aromatic rings. The van der Waals surface area contributed by atoms with Gasteiger partial charge in [-0.05, 0) is 12.1 Å². The Morgan fingerprint density at radius 3 is 2.52 bits per heavy atom. The first-order valence-electron chi connectivity index (χ1n) is 9.49. The second-order valence-corrected chi connectivity index (χ2v) is 7.28. The van der Waals surface area contributed by atoms with E-state index < -0.39 is 28.9 Å². The molecule has 4 rings (SSSR count). The van der Waals surface area contributed by atoms with Crippen molar-refractivity contribution in [1.82, 2.24) is 34.0 Å². The van der Waals surface area contributed by atoms with Crippen LogP contribution in [0.3, 0.4) is 0 Å². The summed E-state index contributed by atoms with van der Waals surface area (Å²) in [6.07, 6.45) is -3.59. The normalized spacial score (nSPS) is 11.8. The third-order valence-electron chi connectivity index (χ3n) is 5.09. The molecular weight excluding hydrogens is 445 g/mol. The lowest BCUT2D eigenvalue weighted by Gasteiger charge is -2.07. The molecule has 1 amide bonds. The average molecular weight is 462 g/mol. The summed E-state index contributed by atoms with van der Waals surface area (Å²) in [7, 11) is 4.32. The summed E-state index contributed by atoms with van der Waals surface area (Å²) in [6.45, 7) is 0. The zero-order valence-corrected chi connectivity index (χ0v) is 17.6. The Labute approximate surface area is 182 Å². The van der Waals surface area contributed by atoms with Crippen LogP contribution >= 0.6 is 0 Å². The molecule has 0 saturated carbocycles. The van der Waals surface area contributed by atoms with Crippen LogP contribution in [0.2, 0.25) is 0 Å². The number of nitrogens with zero attached hydrogens (tertiary/aromatic N) is 7. The number of aryl methyl sites for hydroxylation is 2. The van der Waals surface area contributed by atoms with Gasteiger partial charge in [0.25, 0.3) is 5.56 Å². The molecule has 0 saturated heterocycles. The van der Waals surface area contributed by atoms with Gasteiger partial charge in [-0.2, -0.15) is 18.3 Å². The predicted octanol–water partition coefficient (Wildman–Crippen LogP) is 0.561. The second kappa shape index (κ2) is 7.72. The maximum absolute atomic E-state index is 12.9. The molecule has 14 heteroatoms. The number of nitrogens with one attached hydrogen (secondary N) is 1. The summed E-state index contributed by atoms with van der Waals surface area (Å²) in [5.41, 5.74) is 1.10. The summed E-state index contributed by atoms with van der Waals surface area (Å²) in [6, 6.07) is 4.55. The van der Waals surface area contributed by atoms with Crippen LogP contribution in [-0.4, -0.2) is 39.9 Å². The summed E-state index contributed by atoms with van der Waals surface area (Å²) >= 11 is 0. The SMILES string of the molecule is Cn1nc2c(c1CC(=O)Nn1ncc(-c3cccc(C(F)(F)F)c3)n1)c(=O)n(C)c(=O)n2C. The minimum absolute atomic E-state index is 0.121. The fourth-order valence-electron chi connectivity index (χ4n) is 3.38. The number of amides is 1. The van der Waals surface area contributed by atoms with E-state index in [0.717, 1.165) is 21.6 Å².